The molecule has 5 heterocycles. The summed E-state index contributed by atoms with van der Waals surface area (Å²) in [5.41, 5.74) is 3.39. The maximum atomic E-state index is 11.1. The van der Waals surface area contributed by atoms with Crippen LogP contribution in [0.5, 0.6) is 0 Å². The first-order chi connectivity index (χ1) is 17.5. The van der Waals surface area contributed by atoms with Crippen LogP contribution < -0.4 is 9.80 Å². The summed E-state index contributed by atoms with van der Waals surface area (Å²) in [4.78, 5) is 18.2. The van der Waals surface area contributed by atoms with Gasteiger partial charge >= 0.3 is 0 Å². The Morgan fingerprint density at radius 1 is 0.806 bits per heavy atom. The number of anilines is 2. The molecule has 1 N–H and O–H groups in total. The number of rotatable bonds is 5. The van der Waals surface area contributed by atoms with Crippen LogP contribution in [0.1, 0.15) is 18.1 Å². The lowest BCUT2D eigenvalue weighted by Gasteiger charge is -2.35. The van der Waals surface area contributed by atoms with Gasteiger partial charge in [-0.15, -0.1) is 0 Å². The highest BCUT2D eigenvalue weighted by atomic mass is 16.3. The smallest absolute Gasteiger partial charge is 0.225 e. The quantitative estimate of drug-likeness (QED) is 0.409. The summed E-state index contributed by atoms with van der Waals surface area (Å²) < 4.78 is 3.66. The van der Waals surface area contributed by atoms with Crippen LogP contribution in [0.15, 0.2) is 73.7 Å². The van der Waals surface area contributed by atoms with Gasteiger partial charge < -0.3 is 14.9 Å². The molecular formula is C26H27N9O. The summed E-state index contributed by atoms with van der Waals surface area (Å²) in [7, 11) is 1.91. The molecule has 0 aliphatic carbocycles. The predicted octanol–water partition coefficient (Wildman–Crippen LogP) is 2.50. The van der Waals surface area contributed by atoms with Crippen LogP contribution >= 0.6 is 0 Å². The molecule has 1 saturated heterocycles. The molecule has 1 aliphatic rings. The minimum absolute atomic E-state index is 0.664. The summed E-state index contributed by atoms with van der Waals surface area (Å²) in [6.07, 6.45) is 10.9. The van der Waals surface area contributed by atoms with E-state index in [1.165, 1.54) is 0 Å². The highest BCUT2D eigenvalue weighted by Gasteiger charge is 2.27. The largest absolute Gasteiger partial charge is 0.381 e. The molecule has 1 atom stereocenters. The third-order valence-corrected chi connectivity index (χ3v) is 6.82. The number of hydrogen-bond donors (Lipinski definition) is 1. The van der Waals surface area contributed by atoms with E-state index in [4.69, 9.17) is 0 Å². The van der Waals surface area contributed by atoms with E-state index in [1.807, 2.05) is 60.5 Å². The molecule has 0 saturated carbocycles. The average molecular weight is 482 g/mol. The molecule has 6 rings (SSSR count). The van der Waals surface area contributed by atoms with Crippen LogP contribution in [0.4, 0.5) is 11.8 Å². The van der Waals surface area contributed by atoms with Crippen LogP contribution in [0.2, 0.25) is 0 Å². The van der Waals surface area contributed by atoms with Gasteiger partial charge in [0.25, 0.3) is 0 Å². The van der Waals surface area contributed by atoms with Crippen molar-refractivity contribution in [1.82, 2.24) is 34.3 Å². The summed E-state index contributed by atoms with van der Waals surface area (Å²) in [5.74, 6) is 1.58. The fourth-order valence-corrected chi connectivity index (χ4v) is 4.67. The summed E-state index contributed by atoms with van der Waals surface area (Å²) in [6.45, 7) is 4.87. The van der Waals surface area contributed by atoms with Crippen molar-refractivity contribution in [2.24, 2.45) is 7.05 Å². The van der Waals surface area contributed by atoms with Gasteiger partial charge in [-0.1, -0.05) is 30.3 Å². The van der Waals surface area contributed by atoms with Crippen molar-refractivity contribution in [1.29, 1.82) is 0 Å². The average Bonchev–Trinajstić information content (AvgIpc) is 3.55. The Morgan fingerprint density at radius 3 is 2.22 bits per heavy atom. The predicted molar refractivity (Wildman–Crippen MR) is 137 cm³/mol. The minimum atomic E-state index is -1.15. The lowest BCUT2D eigenvalue weighted by molar-refractivity contribution is 0.101. The van der Waals surface area contributed by atoms with Crippen molar-refractivity contribution in [2.75, 3.05) is 36.0 Å². The first-order valence-corrected chi connectivity index (χ1v) is 11.9. The Hall–Kier alpha value is -4.31. The molecule has 0 unspecified atom stereocenters. The molecule has 0 bridgehead atoms. The van der Waals surface area contributed by atoms with Gasteiger partial charge in [-0.3, -0.25) is 4.68 Å². The van der Waals surface area contributed by atoms with Crippen molar-refractivity contribution in [3.05, 3.63) is 84.8 Å². The summed E-state index contributed by atoms with van der Waals surface area (Å²) in [5, 5.41) is 19.7. The third kappa shape index (κ3) is 3.95. The molecule has 1 aromatic carbocycles. The number of nitrogens with zero attached hydrogens (tertiary/aromatic N) is 9. The monoisotopic (exact) mass is 481 g/mol. The van der Waals surface area contributed by atoms with Crippen LogP contribution in [0.3, 0.4) is 0 Å². The Kier molecular flexibility index (Phi) is 5.37. The van der Waals surface area contributed by atoms with E-state index >= 15 is 0 Å². The van der Waals surface area contributed by atoms with E-state index in [2.05, 4.69) is 41.0 Å². The van der Waals surface area contributed by atoms with Gasteiger partial charge in [-0.2, -0.15) is 10.2 Å². The molecule has 182 valence electrons. The van der Waals surface area contributed by atoms with Gasteiger partial charge in [0.15, 0.2) is 5.82 Å². The zero-order chi connectivity index (χ0) is 24.7. The second kappa shape index (κ2) is 8.72. The fraction of sp³-hybridized carbons (Fsp3) is 0.269. The van der Waals surface area contributed by atoms with Crippen molar-refractivity contribution >= 4 is 17.3 Å². The highest BCUT2D eigenvalue weighted by molar-refractivity contribution is 5.77. The molecule has 36 heavy (non-hydrogen) atoms. The fourth-order valence-electron chi connectivity index (χ4n) is 4.67. The molecular weight excluding hydrogens is 454 g/mol. The van der Waals surface area contributed by atoms with Gasteiger partial charge in [-0.05, 0) is 18.6 Å². The first-order valence-electron chi connectivity index (χ1n) is 11.9. The maximum Gasteiger partial charge on any atom is 0.225 e. The Morgan fingerprint density at radius 2 is 1.53 bits per heavy atom. The van der Waals surface area contributed by atoms with E-state index in [0.717, 1.165) is 54.2 Å². The van der Waals surface area contributed by atoms with Gasteiger partial charge in [-0.25, -0.2) is 19.5 Å². The van der Waals surface area contributed by atoms with Gasteiger partial charge in [0, 0.05) is 74.7 Å². The van der Waals surface area contributed by atoms with Crippen LogP contribution in [0, 0.1) is 0 Å². The van der Waals surface area contributed by atoms with Crippen molar-refractivity contribution < 1.29 is 5.11 Å². The molecule has 1 aliphatic heterocycles. The molecule has 1 fully saturated rings. The first kappa shape index (κ1) is 22.2. The van der Waals surface area contributed by atoms with E-state index < -0.39 is 5.60 Å². The Balaban J connectivity index is 1.17. The molecule has 0 radical (unpaired) electrons. The van der Waals surface area contributed by atoms with Crippen molar-refractivity contribution in [2.45, 2.75) is 12.5 Å². The number of aliphatic hydroxyl groups is 1. The van der Waals surface area contributed by atoms with Crippen LogP contribution in [-0.2, 0) is 12.6 Å². The topological polar surface area (TPSA) is 100 Å². The Bertz CT molecular complexity index is 1480. The van der Waals surface area contributed by atoms with E-state index in [-0.39, 0.29) is 0 Å². The highest BCUT2D eigenvalue weighted by Crippen LogP contribution is 2.29. The standard InChI is InChI=1S/C26H27N9O/c1-26(36,21-6-4-3-5-7-21)22-14-27-25(28-15-22)34-10-8-33(9-11-34)24-23-12-19(17-35(23)31-18-29-24)20-13-30-32(2)16-20/h3-7,12-18,36H,8-11H2,1-2H3/t26-/m0/s1. The molecule has 10 nitrogen and oxygen atoms in total. The van der Waals surface area contributed by atoms with E-state index in [0.29, 0.717) is 11.5 Å². The number of hydrogen-bond acceptors (Lipinski definition) is 8. The van der Waals surface area contributed by atoms with Crippen molar-refractivity contribution in [3.8, 4) is 11.1 Å². The van der Waals surface area contributed by atoms with E-state index in [1.54, 1.807) is 30.3 Å². The molecule has 0 spiro atoms. The molecule has 5 aromatic rings. The molecule has 4 aromatic heterocycles. The maximum absolute atomic E-state index is 11.1. The second-order valence-corrected chi connectivity index (χ2v) is 9.23. The number of piperazine rings is 1. The summed E-state index contributed by atoms with van der Waals surface area (Å²) in [6, 6.07) is 11.7. The minimum Gasteiger partial charge on any atom is -0.381 e. The van der Waals surface area contributed by atoms with Gasteiger partial charge in [0.1, 0.15) is 17.4 Å². The summed E-state index contributed by atoms with van der Waals surface area (Å²) >= 11 is 0. The lowest BCUT2D eigenvalue weighted by Crippen LogP contribution is -2.47. The second-order valence-electron chi connectivity index (χ2n) is 9.23. The third-order valence-electron chi connectivity index (χ3n) is 6.82. The normalized spacial score (nSPS) is 15.9. The number of fused-ring (bicyclic) bond motifs is 1. The number of aromatic nitrogens is 7. The number of benzene rings is 1. The zero-order valence-corrected chi connectivity index (χ0v) is 20.2. The SMILES string of the molecule is Cn1cc(-c2cc3c(N4CCN(c5ncc([C@@](C)(O)c6ccccc6)cn5)CC4)ncnn3c2)cn1. The van der Waals surface area contributed by atoms with Gasteiger partial charge in [0.05, 0.1) is 6.20 Å². The molecule has 10 heteroatoms. The number of aryl methyl sites for hydroxylation is 1. The van der Waals surface area contributed by atoms with Gasteiger partial charge in [0.2, 0.25) is 5.95 Å². The van der Waals surface area contributed by atoms with Crippen LogP contribution in [-0.4, -0.2) is 65.6 Å². The van der Waals surface area contributed by atoms with E-state index in [9.17, 15) is 5.11 Å². The Labute approximate surface area is 208 Å². The van der Waals surface area contributed by atoms with Crippen molar-refractivity contribution in [3.63, 3.8) is 0 Å². The lowest BCUT2D eigenvalue weighted by atomic mass is 9.90. The zero-order valence-electron chi connectivity index (χ0n) is 20.2. The molecule has 0 amide bonds. The van der Waals surface area contributed by atoms with Crippen LogP contribution in [0.25, 0.3) is 16.6 Å².